The summed E-state index contributed by atoms with van der Waals surface area (Å²) >= 11 is 3.08. The van der Waals surface area contributed by atoms with E-state index in [2.05, 4.69) is 15.9 Å². The lowest BCUT2D eigenvalue weighted by atomic mass is 10.4. The van der Waals surface area contributed by atoms with Crippen LogP contribution in [-0.4, -0.2) is 4.57 Å². The van der Waals surface area contributed by atoms with E-state index in [-0.39, 0.29) is 5.56 Å². The predicted octanol–water partition coefficient (Wildman–Crippen LogP) is 0.730. The van der Waals surface area contributed by atoms with Crippen molar-refractivity contribution >= 4 is 21.6 Å². The molecule has 0 amide bonds. The molecule has 0 saturated heterocycles. The lowest BCUT2D eigenvalue weighted by molar-refractivity contribution is 0.856. The van der Waals surface area contributed by atoms with Gasteiger partial charge in [0.2, 0.25) is 0 Å². The third kappa shape index (κ3) is 1.21. The van der Waals surface area contributed by atoms with Crippen LogP contribution in [0.4, 0.5) is 5.69 Å². The van der Waals surface area contributed by atoms with Gasteiger partial charge in [0.05, 0.1) is 4.47 Å². The highest BCUT2D eigenvalue weighted by Gasteiger charge is 1.96. The predicted molar refractivity (Wildman–Crippen MR) is 43.8 cm³/mol. The molecule has 10 heavy (non-hydrogen) atoms. The van der Waals surface area contributed by atoms with Crippen molar-refractivity contribution in [3.05, 3.63) is 27.1 Å². The normalized spacial score (nSPS) is 9.80. The summed E-state index contributed by atoms with van der Waals surface area (Å²) in [5.41, 5.74) is 5.94. The van der Waals surface area contributed by atoms with Gasteiger partial charge in [-0.05, 0) is 22.0 Å². The summed E-state index contributed by atoms with van der Waals surface area (Å²) in [7, 11) is 1.66. The molecule has 0 aromatic carbocycles. The molecule has 4 heteroatoms. The van der Waals surface area contributed by atoms with Crippen LogP contribution in [0.15, 0.2) is 21.5 Å². The molecule has 0 saturated carbocycles. The van der Waals surface area contributed by atoms with Crippen molar-refractivity contribution in [1.29, 1.82) is 0 Å². The van der Waals surface area contributed by atoms with Gasteiger partial charge in [0.15, 0.2) is 0 Å². The van der Waals surface area contributed by atoms with Gasteiger partial charge in [-0.3, -0.25) is 4.79 Å². The summed E-state index contributed by atoms with van der Waals surface area (Å²) in [6.45, 7) is 0. The third-order valence-electron chi connectivity index (χ3n) is 1.16. The van der Waals surface area contributed by atoms with E-state index in [9.17, 15) is 4.79 Å². The maximum absolute atomic E-state index is 11.0. The van der Waals surface area contributed by atoms with Crippen LogP contribution in [0.25, 0.3) is 0 Å². The number of hydrogen-bond donors (Lipinski definition) is 1. The Morgan fingerprint density at radius 3 is 2.80 bits per heavy atom. The first-order chi connectivity index (χ1) is 4.61. The van der Waals surface area contributed by atoms with Gasteiger partial charge in [-0.25, -0.2) is 0 Å². The molecule has 3 nitrogen and oxygen atoms in total. The molecule has 1 aromatic rings. The molecule has 0 fully saturated rings. The van der Waals surface area contributed by atoms with E-state index in [1.807, 2.05) is 0 Å². The fraction of sp³-hybridized carbons (Fsp3) is 0.167. The molecule has 0 bridgehead atoms. The second kappa shape index (κ2) is 2.46. The van der Waals surface area contributed by atoms with E-state index < -0.39 is 0 Å². The van der Waals surface area contributed by atoms with Crippen molar-refractivity contribution in [3.63, 3.8) is 0 Å². The first-order valence-electron chi connectivity index (χ1n) is 2.73. The van der Waals surface area contributed by atoms with E-state index in [0.29, 0.717) is 10.2 Å². The number of hydrogen-bond acceptors (Lipinski definition) is 2. The molecule has 1 heterocycles. The Morgan fingerprint density at radius 2 is 2.30 bits per heavy atom. The Hall–Kier alpha value is -0.770. The van der Waals surface area contributed by atoms with Gasteiger partial charge in [-0.2, -0.15) is 0 Å². The molecule has 0 spiro atoms. The van der Waals surface area contributed by atoms with E-state index in [4.69, 9.17) is 5.73 Å². The second-order valence-electron chi connectivity index (χ2n) is 2.04. The molecule has 0 aliphatic carbocycles. The topological polar surface area (TPSA) is 48.0 Å². The number of aromatic nitrogens is 1. The molecule has 0 atom stereocenters. The zero-order valence-corrected chi connectivity index (χ0v) is 7.05. The quantitative estimate of drug-likeness (QED) is 0.675. The van der Waals surface area contributed by atoms with Crippen LogP contribution >= 0.6 is 15.9 Å². The molecule has 1 aromatic heterocycles. The third-order valence-corrected chi connectivity index (χ3v) is 1.73. The number of halogens is 1. The molecule has 2 N–H and O–H groups in total. The molecule has 0 radical (unpaired) electrons. The molecule has 0 unspecified atom stereocenters. The van der Waals surface area contributed by atoms with Crippen molar-refractivity contribution in [3.8, 4) is 0 Å². The van der Waals surface area contributed by atoms with Crippen LogP contribution in [0.1, 0.15) is 0 Å². The summed E-state index contributed by atoms with van der Waals surface area (Å²) in [6.07, 6.45) is 1.58. The molecule has 54 valence electrons. The number of rotatable bonds is 0. The first kappa shape index (κ1) is 7.34. The zero-order valence-electron chi connectivity index (χ0n) is 5.47. The van der Waals surface area contributed by atoms with Crippen LogP contribution in [0, 0.1) is 0 Å². The average molecular weight is 203 g/mol. The van der Waals surface area contributed by atoms with Crippen molar-refractivity contribution < 1.29 is 0 Å². The summed E-state index contributed by atoms with van der Waals surface area (Å²) in [5.74, 6) is 0. The molecular weight excluding hydrogens is 196 g/mol. The van der Waals surface area contributed by atoms with Crippen LogP contribution in [0.2, 0.25) is 0 Å². The number of nitrogens with two attached hydrogens (primary N) is 1. The molecule has 1 rings (SSSR count). The average Bonchev–Trinajstić information content (AvgIpc) is 1.82. The molecule has 0 aliphatic heterocycles. The van der Waals surface area contributed by atoms with Crippen molar-refractivity contribution in [2.24, 2.45) is 7.05 Å². The van der Waals surface area contributed by atoms with Gasteiger partial charge in [-0.15, -0.1) is 0 Å². The maximum atomic E-state index is 11.0. The van der Waals surface area contributed by atoms with Crippen LogP contribution in [0.5, 0.6) is 0 Å². The highest BCUT2D eigenvalue weighted by Crippen LogP contribution is 2.06. The number of aryl methyl sites for hydroxylation is 1. The monoisotopic (exact) mass is 202 g/mol. The minimum Gasteiger partial charge on any atom is -0.398 e. The van der Waals surface area contributed by atoms with E-state index in [1.165, 1.54) is 4.57 Å². The van der Waals surface area contributed by atoms with E-state index >= 15 is 0 Å². The van der Waals surface area contributed by atoms with Crippen LogP contribution in [-0.2, 0) is 7.05 Å². The Balaban J connectivity index is 3.46. The zero-order chi connectivity index (χ0) is 7.72. The number of pyridine rings is 1. The Morgan fingerprint density at radius 1 is 1.70 bits per heavy atom. The van der Waals surface area contributed by atoms with Crippen LogP contribution < -0.4 is 11.3 Å². The highest BCUT2D eigenvalue weighted by molar-refractivity contribution is 9.10. The first-order valence-corrected chi connectivity index (χ1v) is 3.52. The van der Waals surface area contributed by atoms with Crippen molar-refractivity contribution in [2.75, 3.05) is 5.73 Å². The number of nitrogens with zero attached hydrogens (tertiary/aromatic N) is 1. The fourth-order valence-electron chi connectivity index (χ4n) is 0.696. The van der Waals surface area contributed by atoms with Crippen LogP contribution in [0.3, 0.4) is 0 Å². The molecular formula is C6H7BrN2O. The highest BCUT2D eigenvalue weighted by atomic mass is 79.9. The fourth-order valence-corrected chi connectivity index (χ4v) is 1.24. The molecule has 0 aliphatic rings. The SMILES string of the molecule is Cn1cc(N)cc(Br)c1=O. The van der Waals surface area contributed by atoms with E-state index in [1.54, 1.807) is 19.3 Å². The lowest BCUT2D eigenvalue weighted by Crippen LogP contribution is -2.16. The minimum atomic E-state index is -0.0748. The second-order valence-corrected chi connectivity index (χ2v) is 2.89. The smallest absolute Gasteiger partial charge is 0.264 e. The van der Waals surface area contributed by atoms with Gasteiger partial charge < -0.3 is 10.3 Å². The maximum Gasteiger partial charge on any atom is 0.264 e. The Kier molecular flexibility index (Phi) is 1.80. The van der Waals surface area contributed by atoms with Gasteiger partial charge in [0.25, 0.3) is 5.56 Å². The summed E-state index contributed by atoms with van der Waals surface area (Å²) in [5, 5.41) is 0. The number of anilines is 1. The van der Waals surface area contributed by atoms with Crippen molar-refractivity contribution in [2.45, 2.75) is 0 Å². The van der Waals surface area contributed by atoms with Gasteiger partial charge in [0, 0.05) is 18.9 Å². The Labute approximate surface area is 66.6 Å². The summed E-state index contributed by atoms with van der Waals surface area (Å²) < 4.78 is 1.93. The van der Waals surface area contributed by atoms with E-state index in [0.717, 1.165) is 0 Å². The van der Waals surface area contributed by atoms with Crippen molar-refractivity contribution in [1.82, 2.24) is 4.57 Å². The van der Waals surface area contributed by atoms with Gasteiger partial charge >= 0.3 is 0 Å². The Bertz CT molecular complexity index is 279. The standard InChI is InChI=1S/C6H7BrN2O/c1-9-3-4(8)2-5(7)6(9)10/h2-3H,8H2,1H3. The number of nitrogen functional groups attached to an aromatic ring is 1. The summed E-state index contributed by atoms with van der Waals surface area (Å²) in [6, 6.07) is 1.59. The summed E-state index contributed by atoms with van der Waals surface area (Å²) in [4.78, 5) is 11.0. The van der Waals surface area contributed by atoms with Gasteiger partial charge in [-0.1, -0.05) is 0 Å². The van der Waals surface area contributed by atoms with Gasteiger partial charge in [0.1, 0.15) is 0 Å². The minimum absolute atomic E-state index is 0.0748. The lowest BCUT2D eigenvalue weighted by Gasteiger charge is -1.98. The largest absolute Gasteiger partial charge is 0.398 e.